The van der Waals surface area contributed by atoms with Gasteiger partial charge in [0.1, 0.15) is 0 Å². The average molecular weight is 544 g/mol. The largest absolute Gasteiger partial charge is 0.493 e. The highest BCUT2D eigenvalue weighted by Crippen LogP contribution is 2.68. The third kappa shape index (κ3) is 3.30. The topological polar surface area (TPSA) is 111 Å². The molecule has 2 bridgehead atoms. The first-order chi connectivity index (χ1) is 19.2. The van der Waals surface area contributed by atoms with E-state index >= 15 is 0 Å². The first kappa shape index (κ1) is 25.3. The number of Topliss-reactive ketones (excluding diaryl/α,β-unsaturated/α-hetero) is 1. The summed E-state index contributed by atoms with van der Waals surface area (Å²) in [4.78, 5) is 40.6. The molecule has 0 aromatic heterocycles. The number of non-ortho nitro benzene ring substituents is 1. The first-order valence-electron chi connectivity index (χ1n) is 14.1. The number of hydrogen-bond acceptors (Lipinski definition) is 7. The molecule has 1 N–H and O–H groups in total. The van der Waals surface area contributed by atoms with Gasteiger partial charge in [-0.2, -0.15) is 0 Å². The van der Waals surface area contributed by atoms with Gasteiger partial charge in [0, 0.05) is 42.8 Å². The maximum absolute atomic E-state index is 13.8. The van der Waals surface area contributed by atoms with Crippen molar-refractivity contribution in [2.75, 3.05) is 20.2 Å². The Morgan fingerprint density at radius 3 is 2.70 bits per heavy atom. The van der Waals surface area contributed by atoms with Gasteiger partial charge in [-0.05, 0) is 86.9 Å². The molecule has 5 aliphatic rings. The number of amides is 1. The van der Waals surface area contributed by atoms with Gasteiger partial charge in [-0.1, -0.05) is 6.07 Å². The molecule has 1 amide bonds. The summed E-state index contributed by atoms with van der Waals surface area (Å²) in [6.07, 6.45) is 7.99. The fourth-order valence-electron chi connectivity index (χ4n) is 8.31. The molecule has 208 valence electrons. The predicted octanol–water partition coefficient (Wildman–Crippen LogP) is 3.96. The van der Waals surface area contributed by atoms with Crippen molar-refractivity contribution in [3.63, 3.8) is 0 Å². The van der Waals surface area contributed by atoms with E-state index in [-0.39, 0.29) is 23.4 Å². The number of benzene rings is 2. The second-order valence-electron chi connectivity index (χ2n) is 12.1. The fourth-order valence-corrected chi connectivity index (χ4v) is 8.31. The van der Waals surface area contributed by atoms with Crippen molar-refractivity contribution in [1.29, 1.82) is 0 Å². The van der Waals surface area contributed by atoms with Crippen LogP contribution < -0.4 is 14.8 Å². The minimum Gasteiger partial charge on any atom is -0.493 e. The number of ketones is 1. The van der Waals surface area contributed by atoms with Gasteiger partial charge in [-0.3, -0.25) is 24.6 Å². The SMILES string of the molecule is COc1ccc2c3c1O[C@@]1(C)C(=O)CC[C@@]4(NC(=O)/C=C/c5ccc([N+](=O)[O-])cc5)[C@@H](C2)N(CC2CC2)CC[C@]314. The molecule has 9 nitrogen and oxygen atoms in total. The Kier molecular flexibility index (Phi) is 5.45. The van der Waals surface area contributed by atoms with E-state index in [1.807, 2.05) is 13.0 Å². The van der Waals surface area contributed by atoms with Gasteiger partial charge in [0.2, 0.25) is 5.91 Å². The Morgan fingerprint density at radius 2 is 2.00 bits per heavy atom. The Morgan fingerprint density at radius 1 is 1.23 bits per heavy atom. The van der Waals surface area contributed by atoms with Gasteiger partial charge in [0.25, 0.3) is 5.69 Å². The van der Waals surface area contributed by atoms with Crippen molar-refractivity contribution >= 4 is 23.5 Å². The van der Waals surface area contributed by atoms with E-state index in [0.29, 0.717) is 42.2 Å². The molecule has 2 aromatic carbocycles. The molecule has 9 heteroatoms. The van der Waals surface area contributed by atoms with Crippen LogP contribution in [0.4, 0.5) is 5.69 Å². The second kappa shape index (κ2) is 8.64. The molecule has 3 fully saturated rings. The molecule has 7 rings (SSSR count). The Balaban J connectivity index is 1.33. The van der Waals surface area contributed by atoms with Gasteiger partial charge in [0.05, 0.1) is 23.0 Å². The number of carbonyl (C=O) groups excluding carboxylic acids is 2. The highest BCUT2D eigenvalue weighted by atomic mass is 16.6. The van der Waals surface area contributed by atoms with Crippen LogP contribution in [0.15, 0.2) is 42.5 Å². The minimum atomic E-state index is -1.11. The number of ether oxygens (including phenoxy) is 2. The van der Waals surface area contributed by atoms with Crippen LogP contribution in [0.1, 0.15) is 55.7 Å². The van der Waals surface area contributed by atoms with Crippen LogP contribution in [-0.2, 0) is 21.4 Å². The maximum atomic E-state index is 13.8. The number of likely N-dealkylation sites (tertiary alicyclic amines) is 1. The summed E-state index contributed by atoms with van der Waals surface area (Å²) in [7, 11) is 1.62. The Bertz CT molecular complexity index is 1470. The molecular formula is C31H33N3O6. The number of piperidine rings is 1. The highest BCUT2D eigenvalue weighted by molar-refractivity contribution is 5.97. The molecule has 1 saturated heterocycles. The highest BCUT2D eigenvalue weighted by Gasteiger charge is 2.78. The Hall–Kier alpha value is -3.72. The lowest BCUT2D eigenvalue weighted by atomic mass is 9.43. The van der Waals surface area contributed by atoms with Crippen LogP contribution >= 0.6 is 0 Å². The number of rotatable bonds is 7. The monoisotopic (exact) mass is 543 g/mol. The molecule has 2 heterocycles. The summed E-state index contributed by atoms with van der Waals surface area (Å²) < 4.78 is 12.4. The maximum Gasteiger partial charge on any atom is 0.269 e. The third-order valence-corrected chi connectivity index (χ3v) is 10.3. The standard InChI is InChI=1S/C31H33N3O6/c1-29-25(35)13-14-31(32-26(36)12-7-19-5-9-22(10-6-19)34(37)38)24-17-21-8-11-23(39-2)28(40-29)27(21)30(29,31)15-16-33(24)18-20-3-4-20/h5-12,20,24H,3-4,13-18H2,1-2H3,(H,32,36)/b12-7+/t24-,29+,30+,31-/m1/s1. The summed E-state index contributed by atoms with van der Waals surface area (Å²) in [5, 5.41) is 14.5. The van der Waals surface area contributed by atoms with Crippen molar-refractivity contribution in [2.24, 2.45) is 5.92 Å². The normalized spacial score (nSPS) is 31.9. The molecular weight excluding hydrogens is 510 g/mol. The number of carbonyl (C=O) groups is 2. The summed E-state index contributed by atoms with van der Waals surface area (Å²) in [6.45, 7) is 3.77. The predicted molar refractivity (Wildman–Crippen MR) is 147 cm³/mol. The summed E-state index contributed by atoms with van der Waals surface area (Å²) in [5.41, 5.74) is 0.369. The van der Waals surface area contributed by atoms with E-state index in [1.54, 1.807) is 25.3 Å². The van der Waals surface area contributed by atoms with E-state index in [2.05, 4.69) is 16.3 Å². The van der Waals surface area contributed by atoms with Gasteiger partial charge in [-0.25, -0.2) is 0 Å². The van der Waals surface area contributed by atoms with Crippen molar-refractivity contribution in [1.82, 2.24) is 10.2 Å². The second-order valence-corrected chi connectivity index (χ2v) is 12.1. The number of nitro benzene ring substituents is 1. The average Bonchev–Trinajstić information content (AvgIpc) is 3.71. The Labute approximate surface area is 232 Å². The van der Waals surface area contributed by atoms with Crippen LogP contribution in [0.2, 0.25) is 0 Å². The third-order valence-electron chi connectivity index (χ3n) is 10.3. The molecule has 4 atom stereocenters. The van der Waals surface area contributed by atoms with Crippen LogP contribution in [0, 0.1) is 16.0 Å². The van der Waals surface area contributed by atoms with Crippen LogP contribution in [0.3, 0.4) is 0 Å². The number of nitrogens with one attached hydrogen (secondary N) is 1. The van der Waals surface area contributed by atoms with Gasteiger partial charge in [0.15, 0.2) is 22.9 Å². The quantitative estimate of drug-likeness (QED) is 0.320. The van der Waals surface area contributed by atoms with E-state index < -0.39 is 21.5 Å². The van der Waals surface area contributed by atoms with Crippen molar-refractivity contribution in [3.05, 3.63) is 69.3 Å². The lowest BCUT2D eigenvalue weighted by Crippen LogP contribution is -2.84. The molecule has 3 aliphatic carbocycles. The van der Waals surface area contributed by atoms with Crippen molar-refractivity contribution in [3.8, 4) is 11.5 Å². The van der Waals surface area contributed by atoms with E-state index in [1.165, 1.54) is 36.6 Å². The van der Waals surface area contributed by atoms with Crippen molar-refractivity contribution < 1.29 is 24.0 Å². The lowest BCUT2D eigenvalue weighted by molar-refractivity contribution is -0.384. The van der Waals surface area contributed by atoms with Crippen LogP contribution in [0.25, 0.3) is 6.08 Å². The van der Waals surface area contributed by atoms with Crippen LogP contribution in [-0.4, -0.2) is 58.9 Å². The number of hydrogen-bond donors (Lipinski definition) is 1. The van der Waals surface area contributed by atoms with Crippen LogP contribution in [0.5, 0.6) is 11.5 Å². The molecule has 40 heavy (non-hydrogen) atoms. The molecule has 2 aliphatic heterocycles. The molecule has 1 spiro atoms. The van der Waals surface area contributed by atoms with Gasteiger partial charge in [-0.15, -0.1) is 0 Å². The lowest BCUT2D eigenvalue weighted by Gasteiger charge is -2.67. The fraction of sp³-hybridized carbons (Fsp3) is 0.484. The minimum absolute atomic E-state index is 0.00247. The zero-order valence-corrected chi connectivity index (χ0v) is 22.8. The van der Waals surface area contributed by atoms with E-state index in [0.717, 1.165) is 25.1 Å². The molecule has 2 aromatic rings. The van der Waals surface area contributed by atoms with Gasteiger partial charge >= 0.3 is 0 Å². The smallest absolute Gasteiger partial charge is 0.269 e. The van der Waals surface area contributed by atoms with E-state index in [4.69, 9.17) is 9.47 Å². The number of nitro groups is 1. The first-order valence-corrected chi connectivity index (χ1v) is 14.1. The van der Waals surface area contributed by atoms with E-state index in [9.17, 15) is 19.7 Å². The molecule has 0 unspecified atom stereocenters. The van der Waals surface area contributed by atoms with Gasteiger partial charge < -0.3 is 14.8 Å². The summed E-state index contributed by atoms with van der Waals surface area (Å²) in [5.74, 6) is 1.78. The summed E-state index contributed by atoms with van der Waals surface area (Å²) in [6, 6.07) is 10.2. The molecule has 2 saturated carbocycles. The number of nitrogens with zero attached hydrogens (tertiary/aromatic N) is 2. The zero-order chi connectivity index (χ0) is 27.9. The van der Waals surface area contributed by atoms with Crippen molar-refractivity contribution in [2.45, 2.75) is 68.0 Å². The zero-order valence-electron chi connectivity index (χ0n) is 22.8. The summed E-state index contributed by atoms with van der Waals surface area (Å²) >= 11 is 0. The number of methoxy groups -OCH3 is 1. The molecule has 0 radical (unpaired) electrons.